The lowest BCUT2D eigenvalue weighted by molar-refractivity contribution is -0.116. The minimum Gasteiger partial charge on any atom is -0.359 e. The van der Waals surface area contributed by atoms with Gasteiger partial charge in [0.15, 0.2) is 0 Å². The molecule has 1 atom stereocenters. The maximum atomic E-state index is 12.2. The molecular formula is C18H20N6O. The number of carbonyl (C=O) groups is 1. The van der Waals surface area contributed by atoms with Crippen molar-refractivity contribution in [1.29, 1.82) is 0 Å². The molecule has 1 unspecified atom stereocenters. The summed E-state index contributed by atoms with van der Waals surface area (Å²) in [6.07, 6.45) is 8.31. The maximum absolute atomic E-state index is 12.2. The first kappa shape index (κ1) is 15.7. The normalized spacial score (nSPS) is 21.4. The van der Waals surface area contributed by atoms with E-state index < -0.39 is 0 Å². The fourth-order valence-corrected chi connectivity index (χ4v) is 3.53. The number of aryl methyl sites for hydroxylation is 1. The molecule has 1 amide bonds. The van der Waals surface area contributed by atoms with Crippen LogP contribution in [0.15, 0.2) is 35.3 Å². The molecule has 7 heteroatoms. The highest BCUT2D eigenvalue weighted by Gasteiger charge is 2.27. The number of aromatic amines is 1. The molecular weight excluding hydrogens is 316 g/mol. The number of hydrogen-bond donors (Lipinski definition) is 2. The first-order valence-electron chi connectivity index (χ1n) is 8.38. The summed E-state index contributed by atoms with van der Waals surface area (Å²) in [5.74, 6) is -0.217. The molecule has 0 saturated carbocycles. The highest BCUT2D eigenvalue weighted by molar-refractivity contribution is 6.32. The van der Waals surface area contributed by atoms with Crippen molar-refractivity contribution in [3.05, 3.63) is 52.9 Å². The third kappa shape index (κ3) is 2.87. The van der Waals surface area contributed by atoms with Gasteiger partial charge in [0.1, 0.15) is 12.0 Å². The largest absolute Gasteiger partial charge is 0.359 e. The zero-order valence-electron chi connectivity index (χ0n) is 14.3. The minimum absolute atomic E-state index is 0.217. The van der Waals surface area contributed by atoms with E-state index in [9.17, 15) is 4.79 Å². The minimum atomic E-state index is -0.217. The summed E-state index contributed by atoms with van der Waals surface area (Å²) in [7, 11) is 4.21. The van der Waals surface area contributed by atoms with E-state index in [-0.39, 0.29) is 5.91 Å². The SMILES string of the molecule is CN(C)C1CCCc2[nH]c(C=C3C(=O)NN=C3c3ccncn3)cc21. The second-order valence-electron chi connectivity index (χ2n) is 6.58. The standard InChI is InChI=1S/C18H20N6O/c1-24(2)16-5-3-4-14-12(16)8-11(21-14)9-13-17(22-23-18(13)25)15-6-7-19-10-20-15/h6-10,16,21H,3-5H2,1-2H3,(H,23,25). The van der Waals surface area contributed by atoms with Crippen LogP contribution < -0.4 is 5.43 Å². The molecule has 3 heterocycles. The van der Waals surface area contributed by atoms with Gasteiger partial charge < -0.3 is 9.88 Å². The quantitative estimate of drug-likeness (QED) is 0.835. The molecule has 1 aliphatic carbocycles. The number of fused-ring (bicyclic) bond motifs is 1. The number of rotatable bonds is 3. The summed E-state index contributed by atoms with van der Waals surface area (Å²) < 4.78 is 0. The molecule has 1 aliphatic heterocycles. The van der Waals surface area contributed by atoms with Gasteiger partial charge in [-0.1, -0.05) is 0 Å². The number of hydrazone groups is 1. The van der Waals surface area contributed by atoms with E-state index in [2.05, 4.69) is 50.5 Å². The van der Waals surface area contributed by atoms with Crippen molar-refractivity contribution < 1.29 is 4.79 Å². The van der Waals surface area contributed by atoms with Crippen LogP contribution in [0.1, 0.15) is 41.5 Å². The summed E-state index contributed by atoms with van der Waals surface area (Å²) in [4.78, 5) is 26.0. The van der Waals surface area contributed by atoms with Crippen LogP contribution in [-0.2, 0) is 11.2 Å². The molecule has 2 N–H and O–H groups in total. The predicted octanol–water partition coefficient (Wildman–Crippen LogP) is 1.66. The van der Waals surface area contributed by atoms with E-state index in [0.29, 0.717) is 23.0 Å². The van der Waals surface area contributed by atoms with Gasteiger partial charge >= 0.3 is 0 Å². The van der Waals surface area contributed by atoms with Crippen LogP contribution in [0.4, 0.5) is 0 Å². The van der Waals surface area contributed by atoms with Crippen molar-refractivity contribution in [3.63, 3.8) is 0 Å². The van der Waals surface area contributed by atoms with E-state index in [4.69, 9.17) is 0 Å². The van der Waals surface area contributed by atoms with Crippen molar-refractivity contribution in [3.8, 4) is 0 Å². The van der Waals surface area contributed by atoms with Gasteiger partial charge in [-0.15, -0.1) is 0 Å². The number of hydrogen-bond acceptors (Lipinski definition) is 5. The summed E-state index contributed by atoms with van der Waals surface area (Å²) in [6, 6.07) is 4.31. The van der Waals surface area contributed by atoms with E-state index in [1.165, 1.54) is 24.0 Å². The number of H-pyrrole nitrogens is 1. The van der Waals surface area contributed by atoms with Gasteiger partial charge in [0, 0.05) is 23.6 Å². The maximum Gasteiger partial charge on any atom is 0.273 e. The van der Waals surface area contributed by atoms with Gasteiger partial charge in [-0.05, 0) is 57.1 Å². The van der Waals surface area contributed by atoms with Crippen LogP contribution in [0.5, 0.6) is 0 Å². The van der Waals surface area contributed by atoms with Crippen molar-refractivity contribution >= 4 is 17.7 Å². The predicted molar refractivity (Wildman–Crippen MR) is 94.8 cm³/mol. The highest BCUT2D eigenvalue weighted by atomic mass is 16.2. The summed E-state index contributed by atoms with van der Waals surface area (Å²) >= 11 is 0. The number of nitrogens with one attached hydrogen (secondary N) is 2. The molecule has 4 rings (SSSR count). The zero-order valence-corrected chi connectivity index (χ0v) is 14.3. The Morgan fingerprint density at radius 3 is 3.00 bits per heavy atom. The van der Waals surface area contributed by atoms with Crippen molar-refractivity contribution in [2.24, 2.45) is 5.10 Å². The molecule has 0 bridgehead atoms. The van der Waals surface area contributed by atoms with Gasteiger partial charge in [0.25, 0.3) is 5.91 Å². The Hall–Kier alpha value is -2.80. The Kier molecular flexibility index (Phi) is 3.93. The monoisotopic (exact) mass is 336 g/mol. The van der Waals surface area contributed by atoms with E-state index in [1.54, 1.807) is 12.3 Å². The van der Waals surface area contributed by atoms with Crippen LogP contribution in [0.3, 0.4) is 0 Å². The molecule has 2 aliphatic rings. The Morgan fingerprint density at radius 1 is 1.36 bits per heavy atom. The van der Waals surface area contributed by atoms with E-state index >= 15 is 0 Å². The Balaban J connectivity index is 1.71. The lowest BCUT2D eigenvalue weighted by Crippen LogP contribution is -2.23. The number of carbonyl (C=O) groups excluding carboxylic acids is 1. The topological polar surface area (TPSA) is 86.3 Å². The smallest absolute Gasteiger partial charge is 0.273 e. The lowest BCUT2D eigenvalue weighted by atomic mass is 9.92. The average molecular weight is 336 g/mol. The fraction of sp³-hybridized carbons (Fsp3) is 0.333. The van der Waals surface area contributed by atoms with Crippen molar-refractivity contribution in [1.82, 2.24) is 25.3 Å². The zero-order chi connectivity index (χ0) is 17.4. The van der Waals surface area contributed by atoms with Crippen LogP contribution in [0, 0.1) is 0 Å². The second kappa shape index (κ2) is 6.25. The highest BCUT2D eigenvalue weighted by Crippen LogP contribution is 2.34. The lowest BCUT2D eigenvalue weighted by Gasteiger charge is -2.28. The van der Waals surface area contributed by atoms with Gasteiger partial charge in [0.2, 0.25) is 0 Å². The van der Waals surface area contributed by atoms with Crippen molar-refractivity contribution in [2.45, 2.75) is 25.3 Å². The van der Waals surface area contributed by atoms with Gasteiger partial charge in [-0.3, -0.25) is 4.79 Å². The Labute approximate surface area is 145 Å². The molecule has 0 spiro atoms. The number of aromatic nitrogens is 3. The van der Waals surface area contributed by atoms with Crippen LogP contribution >= 0.6 is 0 Å². The van der Waals surface area contributed by atoms with Gasteiger partial charge in [0.05, 0.1) is 11.3 Å². The number of amides is 1. The second-order valence-corrected chi connectivity index (χ2v) is 6.58. The molecule has 0 saturated heterocycles. The molecule has 2 aromatic rings. The summed E-state index contributed by atoms with van der Waals surface area (Å²) in [5.41, 5.74) is 7.72. The summed E-state index contributed by atoms with van der Waals surface area (Å²) in [6.45, 7) is 0. The van der Waals surface area contributed by atoms with Crippen molar-refractivity contribution in [2.75, 3.05) is 14.1 Å². The van der Waals surface area contributed by atoms with Crippen LogP contribution in [0.25, 0.3) is 6.08 Å². The fourth-order valence-electron chi connectivity index (χ4n) is 3.53. The molecule has 0 radical (unpaired) electrons. The third-order valence-corrected chi connectivity index (χ3v) is 4.73. The first-order valence-corrected chi connectivity index (χ1v) is 8.38. The van der Waals surface area contributed by atoms with Gasteiger partial charge in [-0.25, -0.2) is 15.4 Å². The first-order chi connectivity index (χ1) is 12.1. The summed E-state index contributed by atoms with van der Waals surface area (Å²) in [5, 5.41) is 4.13. The molecule has 128 valence electrons. The molecule has 0 aromatic carbocycles. The van der Waals surface area contributed by atoms with Gasteiger partial charge in [-0.2, -0.15) is 5.10 Å². The van der Waals surface area contributed by atoms with E-state index in [1.807, 2.05) is 6.08 Å². The van der Waals surface area contributed by atoms with Crippen LogP contribution in [0.2, 0.25) is 0 Å². The molecule has 25 heavy (non-hydrogen) atoms. The van der Waals surface area contributed by atoms with Crippen LogP contribution in [-0.4, -0.2) is 45.6 Å². The third-order valence-electron chi connectivity index (χ3n) is 4.73. The molecule has 0 fully saturated rings. The molecule has 7 nitrogen and oxygen atoms in total. The van der Waals surface area contributed by atoms with E-state index in [0.717, 1.165) is 18.5 Å². The molecule has 2 aromatic heterocycles. The number of nitrogens with zero attached hydrogens (tertiary/aromatic N) is 4. The Bertz CT molecular complexity index is 865. The Morgan fingerprint density at radius 2 is 2.24 bits per heavy atom. The average Bonchev–Trinajstić information content (AvgIpc) is 3.19.